The van der Waals surface area contributed by atoms with Crippen LogP contribution >= 0.6 is 0 Å². The second-order valence-electron chi connectivity index (χ2n) is 10.3. The van der Waals surface area contributed by atoms with Crippen LogP contribution in [0.4, 0.5) is 17.1 Å². The number of hydrogen-bond donors (Lipinski definition) is 2. The van der Waals surface area contributed by atoms with Gasteiger partial charge in [0.05, 0.1) is 33.3 Å². The highest BCUT2D eigenvalue weighted by Gasteiger charge is 2.24. The number of aromatic amines is 1. The zero-order chi connectivity index (χ0) is 30.6. The summed E-state index contributed by atoms with van der Waals surface area (Å²) in [6.45, 7) is 0.792. The van der Waals surface area contributed by atoms with E-state index in [9.17, 15) is 23.6 Å². The second kappa shape index (κ2) is 12.5. The average Bonchev–Trinajstić information content (AvgIpc) is 3.31. The van der Waals surface area contributed by atoms with E-state index in [4.69, 9.17) is 4.99 Å². The lowest BCUT2D eigenvalue weighted by Crippen LogP contribution is -2.37. The Kier molecular flexibility index (Phi) is 8.56. The number of anilines is 1. The van der Waals surface area contributed by atoms with Gasteiger partial charge in [0.1, 0.15) is 0 Å². The Labute approximate surface area is 249 Å². The molecule has 0 fully saturated rings. The van der Waals surface area contributed by atoms with E-state index in [2.05, 4.69) is 4.98 Å². The van der Waals surface area contributed by atoms with Crippen LogP contribution in [0.25, 0.3) is 10.9 Å². The molecule has 0 aliphatic heterocycles. The summed E-state index contributed by atoms with van der Waals surface area (Å²) in [7, 11) is 0.0762. The average molecular weight is 598 g/mol. The Hall–Kier alpha value is -5.00. The molecule has 1 heterocycles. The van der Waals surface area contributed by atoms with Crippen molar-refractivity contribution in [2.75, 3.05) is 31.5 Å². The van der Waals surface area contributed by atoms with Gasteiger partial charge < -0.3 is 15.0 Å². The molecule has 4 aromatic carbocycles. The van der Waals surface area contributed by atoms with Gasteiger partial charge in [-0.05, 0) is 50.0 Å². The fraction of sp³-hybridized carbons (Fsp3) is 0.156. The van der Waals surface area contributed by atoms with E-state index in [1.54, 1.807) is 42.5 Å². The third kappa shape index (κ3) is 6.74. The molecule has 0 amide bonds. The maximum Gasteiger partial charge on any atom is 0.270 e. The highest BCUT2D eigenvalue weighted by Crippen LogP contribution is 2.34. The molecule has 0 aliphatic carbocycles. The van der Waals surface area contributed by atoms with Crippen LogP contribution in [0.3, 0.4) is 0 Å². The van der Waals surface area contributed by atoms with Crippen molar-refractivity contribution >= 4 is 43.7 Å². The number of H-pyrrole nitrogens is 1. The van der Waals surface area contributed by atoms with E-state index in [1.807, 2.05) is 67.5 Å². The Balaban J connectivity index is 1.56. The van der Waals surface area contributed by atoms with Crippen LogP contribution < -0.4 is 4.31 Å². The molecule has 0 bridgehead atoms. The number of benzene rings is 4. The van der Waals surface area contributed by atoms with E-state index in [1.165, 1.54) is 16.4 Å². The lowest BCUT2D eigenvalue weighted by molar-refractivity contribution is -0.384. The van der Waals surface area contributed by atoms with Gasteiger partial charge in [-0.25, -0.2) is 13.4 Å². The first-order valence-corrected chi connectivity index (χ1v) is 15.2. The van der Waals surface area contributed by atoms with Crippen molar-refractivity contribution in [3.05, 3.63) is 130 Å². The van der Waals surface area contributed by atoms with Crippen molar-refractivity contribution in [1.29, 1.82) is 0 Å². The van der Waals surface area contributed by atoms with Crippen molar-refractivity contribution in [2.45, 2.75) is 5.75 Å². The molecule has 220 valence electrons. The highest BCUT2D eigenvalue weighted by molar-refractivity contribution is 7.92. The van der Waals surface area contributed by atoms with Gasteiger partial charge >= 0.3 is 0 Å². The molecule has 1 aromatic heterocycles. The highest BCUT2D eigenvalue weighted by atomic mass is 32.2. The second-order valence-corrected chi connectivity index (χ2v) is 12.2. The number of aromatic nitrogens is 1. The minimum Gasteiger partial charge on any atom is -0.494 e. The molecular weight excluding hydrogens is 566 g/mol. The van der Waals surface area contributed by atoms with Crippen LogP contribution in [0.1, 0.15) is 16.7 Å². The summed E-state index contributed by atoms with van der Waals surface area (Å²) in [6, 6.07) is 29.4. The summed E-state index contributed by atoms with van der Waals surface area (Å²) in [6.07, 6.45) is 0. The number of nitro benzene ring substituents is 1. The first-order chi connectivity index (χ1) is 20.6. The van der Waals surface area contributed by atoms with Gasteiger partial charge in [0, 0.05) is 41.7 Å². The van der Waals surface area contributed by atoms with Gasteiger partial charge in [-0.2, -0.15) is 0 Å². The molecule has 0 saturated heterocycles. The van der Waals surface area contributed by atoms with Gasteiger partial charge in [0.15, 0.2) is 5.88 Å². The number of aromatic hydroxyl groups is 1. The summed E-state index contributed by atoms with van der Waals surface area (Å²) < 4.78 is 28.5. The third-order valence-electron chi connectivity index (χ3n) is 6.91. The SMILES string of the molecule is CN(C)CCN(c1ccc(N=C(c2ccccc2)c2c(O)[nH]c3ccc([N+](=O)[O-])cc23)cc1)S(=O)(=O)Cc1ccccc1. The van der Waals surface area contributed by atoms with Crippen molar-refractivity contribution in [2.24, 2.45) is 4.99 Å². The Bertz CT molecular complexity index is 1870. The molecule has 0 spiro atoms. The number of fused-ring (bicyclic) bond motifs is 1. The Morgan fingerprint density at radius 1 is 0.907 bits per heavy atom. The topological polar surface area (TPSA) is 132 Å². The van der Waals surface area contributed by atoms with Gasteiger partial charge in [-0.15, -0.1) is 0 Å². The largest absolute Gasteiger partial charge is 0.494 e. The molecule has 10 nitrogen and oxygen atoms in total. The normalized spacial score (nSPS) is 12.1. The van der Waals surface area contributed by atoms with Crippen molar-refractivity contribution in [3.63, 3.8) is 0 Å². The standard InChI is InChI=1S/C32H31N5O5S/c1-35(2)19-20-36(43(41,42)22-23-9-5-3-6-10-23)26-15-13-25(14-16-26)33-31(24-11-7-4-8-12-24)30-28-21-27(37(39)40)17-18-29(28)34-32(30)38/h3-18,21,34,38H,19-20,22H2,1-2H3. The van der Waals surface area contributed by atoms with Crippen molar-refractivity contribution in [3.8, 4) is 5.88 Å². The maximum absolute atomic E-state index is 13.6. The molecule has 11 heteroatoms. The monoisotopic (exact) mass is 597 g/mol. The number of nitrogens with one attached hydrogen (secondary N) is 1. The van der Waals surface area contributed by atoms with Crippen LogP contribution in [-0.2, 0) is 15.8 Å². The fourth-order valence-electron chi connectivity index (χ4n) is 4.78. The smallest absolute Gasteiger partial charge is 0.270 e. The van der Waals surface area contributed by atoms with Gasteiger partial charge in [-0.1, -0.05) is 60.7 Å². The lowest BCUT2D eigenvalue weighted by Gasteiger charge is -2.26. The van der Waals surface area contributed by atoms with E-state index >= 15 is 0 Å². The zero-order valence-corrected chi connectivity index (χ0v) is 24.5. The minimum absolute atomic E-state index is 0.112. The molecule has 0 aliphatic rings. The van der Waals surface area contributed by atoms with Crippen molar-refractivity contribution < 1.29 is 18.4 Å². The summed E-state index contributed by atoms with van der Waals surface area (Å²) in [5.41, 5.74) is 3.54. The fourth-order valence-corrected chi connectivity index (χ4v) is 6.36. The molecular formula is C32H31N5O5S. The van der Waals surface area contributed by atoms with Crippen LogP contribution in [0.15, 0.2) is 108 Å². The first kappa shape index (κ1) is 29.5. The number of nitro groups is 1. The molecule has 5 aromatic rings. The number of rotatable bonds is 11. The molecule has 43 heavy (non-hydrogen) atoms. The minimum atomic E-state index is -3.70. The molecule has 2 N–H and O–H groups in total. The maximum atomic E-state index is 13.6. The van der Waals surface area contributed by atoms with E-state index < -0.39 is 14.9 Å². The number of aliphatic imine (C=N–C) groups is 1. The van der Waals surface area contributed by atoms with Gasteiger partial charge in [-0.3, -0.25) is 14.4 Å². The zero-order valence-electron chi connectivity index (χ0n) is 23.7. The van der Waals surface area contributed by atoms with Crippen molar-refractivity contribution in [1.82, 2.24) is 9.88 Å². The number of non-ortho nitro benzene ring substituents is 1. The number of likely N-dealkylation sites (N-methyl/N-ethyl adjacent to an activating group) is 1. The molecule has 0 saturated carbocycles. The van der Waals surface area contributed by atoms with Crippen LogP contribution in [0.5, 0.6) is 5.88 Å². The Morgan fingerprint density at radius 2 is 1.56 bits per heavy atom. The predicted molar refractivity (Wildman–Crippen MR) is 170 cm³/mol. The number of hydrogen-bond acceptors (Lipinski definition) is 7. The molecule has 0 atom stereocenters. The van der Waals surface area contributed by atoms with E-state index in [0.29, 0.717) is 51.2 Å². The van der Waals surface area contributed by atoms with E-state index in [-0.39, 0.29) is 23.9 Å². The quantitative estimate of drug-likeness (QED) is 0.112. The summed E-state index contributed by atoms with van der Waals surface area (Å²) in [5, 5.41) is 22.9. The molecule has 0 unspecified atom stereocenters. The summed E-state index contributed by atoms with van der Waals surface area (Å²) in [5.74, 6) is -0.303. The van der Waals surface area contributed by atoms with E-state index in [0.717, 1.165) is 0 Å². The molecule has 5 rings (SSSR count). The summed E-state index contributed by atoms with van der Waals surface area (Å²) in [4.78, 5) is 20.7. The van der Waals surface area contributed by atoms with Crippen LogP contribution in [0, 0.1) is 10.1 Å². The first-order valence-electron chi connectivity index (χ1n) is 13.5. The lowest BCUT2D eigenvalue weighted by atomic mass is 10.0. The molecule has 0 radical (unpaired) electrons. The van der Waals surface area contributed by atoms with Gasteiger partial charge in [0.25, 0.3) is 5.69 Å². The van der Waals surface area contributed by atoms with Crippen LogP contribution in [-0.4, -0.2) is 61.2 Å². The van der Waals surface area contributed by atoms with Crippen LogP contribution in [0.2, 0.25) is 0 Å². The van der Waals surface area contributed by atoms with Gasteiger partial charge in [0.2, 0.25) is 10.0 Å². The number of sulfonamides is 1. The summed E-state index contributed by atoms with van der Waals surface area (Å²) >= 11 is 0. The third-order valence-corrected chi connectivity index (χ3v) is 8.68. The predicted octanol–water partition coefficient (Wildman–Crippen LogP) is 5.85. The Morgan fingerprint density at radius 3 is 2.19 bits per heavy atom. The number of nitrogens with zero attached hydrogens (tertiary/aromatic N) is 4.